The van der Waals surface area contributed by atoms with E-state index in [1.165, 1.54) is 34.5 Å². The van der Waals surface area contributed by atoms with Crippen LogP contribution in [-0.2, 0) is 30.2 Å². The van der Waals surface area contributed by atoms with Crippen LogP contribution in [0.3, 0.4) is 0 Å². The molecule has 2 aliphatic rings. The SMILES string of the molecule is Cn1c(=O)c2c(ncn2CC(=O)N2C[C@@H](C(=O)N3CCCCC3)Oc3ccccc32)n(C)c1=O. The van der Waals surface area contributed by atoms with Crippen molar-refractivity contribution < 1.29 is 14.3 Å². The minimum atomic E-state index is -0.801. The number of likely N-dealkylation sites (tertiary alicyclic amines) is 1. The summed E-state index contributed by atoms with van der Waals surface area (Å²) in [5.41, 5.74) is -0.0685. The summed E-state index contributed by atoms with van der Waals surface area (Å²) >= 11 is 0. The molecule has 1 fully saturated rings. The molecule has 34 heavy (non-hydrogen) atoms. The molecule has 0 bridgehead atoms. The van der Waals surface area contributed by atoms with E-state index in [2.05, 4.69) is 4.98 Å². The van der Waals surface area contributed by atoms with Crippen LogP contribution in [0.2, 0.25) is 0 Å². The van der Waals surface area contributed by atoms with Crippen LogP contribution >= 0.6 is 0 Å². The van der Waals surface area contributed by atoms with E-state index >= 15 is 0 Å². The summed E-state index contributed by atoms with van der Waals surface area (Å²) in [5, 5.41) is 0. The number of imidazole rings is 1. The normalized spacial score (nSPS) is 18.0. The minimum absolute atomic E-state index is 0.0777. The Bertz CT molecular complexity index is 1400. The van der Waals surface area contributed by atoms with E-state index in [0.29, 0.717) is 24.5 Å². The summed E-state index contributed by atoms with van der Waals surface area (Å²) in [7, 11) is 2.91. The van der Waals surface area contributed by atoms with Crippen molar-refractivity contribution in [1.29, 1.82) is 0 Å². The fraction of sp³-hybridized carbons (Fsp3) is 0.435. The average Bonchev–Trinajstić information content (AvgIpc) is 3.29. The van der Waals surface area contributed by atoms with Gasteiger partial charge in [0.05, 0.1) is 18.6 Å². The molecule has 0 saturated carbocycles. The number of anilines is 1. The van der Waals surface area contributed by atoms with Crippen molar-refractivity contribution in [3.05, 3.63) is 51.4 Å². The second kappa shape index (κ2) is 8.47. The highest BCUT2D eigenvalue weighted by Crippen LogP contribution is 2.34. The van der Waals surface area contributed by atoms with Gasteiger partial charge in [-0.15, -0.1) is 0 Å². The van der Waals surface area contributed by atoms with Crippen LogP contribution in [0.1, 0.15) is 19.3 Å². The molecule has 11 heteroatoms. The van der Waals surface area contributed by atoms with Crippen LogP contribution in [0, 0.1) is 0 Å². The summed E-state index contributed by atoms with van der Waals surface area (Å²) < 4.78 is 9.71. The fourth-order valence-electron chi connectivity index (χ4n) is 4.67. The largest absolute Gasteiger partial charge is 0.476 e. The lowest BCUT2D eigenvalue weighted by Gasteiger charge is -2.37. The van der Waals surface area contributed by atoms with Gasteiger partial charge in [-0.1, -0.05) is 12.1 Å². The molecule has 2 aromatic heterocycles. The first-order valence-corrected chi connectivity index (χ1v) is 11.3. The Morgan fingerprint density at radius 3 is 2.56 bits per heavy atom. The van der Waals surface area contributed by atoms with Gasteiger partial charge in [-0.05, 0) is 31.4 Å². The van der Waals surface area contributed by atoms with Crippen molar-refractivity contribution in [3.63, 3.8) is 0 Å². The minimum Gasteiger partial charge on any atom is -0.476 e. The molecule has 0 radical (unpaired) electrons. The van der Waals surface area contributed by atoms with E-state index in [1.54, 1.807) is 29.2 Å². The zero-order chi connectivity index (χ0) is 24.0. The van der Waals surface area contributed by atoms with Crippen LogP contribution in [0.4, 0.5) is 5.69 Å². The number of hydrogen-bond donors (Lipinski definition) is 0. The van der Waals surface area contributed by atoms with Crippen molar-refractivity contribution in [2.24, 2.45) is 14.1 Å². The van der Waals surface area contributed by atoms with E-state index in [-0.39, 0.29) is 36.1 Å². The Labute approximate surface area is 194 Å². The first-order chi connectivity index (χ1) is 16.4. The first kappa shape index (κ1) is 21.9. The molecule has 0 spiro atoms. The maximum Gasteiger partial charge on any atom is 0.332 e. The Morgan fingerprint density at radius 2 is 1.79 bits per heavy atom. The van der Waals surface area contributed by atoms with Crippen molar-refractivity contribution >= 4 is 28.7 Å². The van der Waals surface area contributed by atoms with Gasteiger partial charge in [0.25, 0.3) is 11.5 Å². The number of aromatic nitrogens is 4. The van der Waals surface area contributed by atoms with Crippen LogP contribution in [-0.4, -0.2) is 61.1 Å². The molecule has 1 atom stereocenters. The molecule has 3 aromatic rings. The number of piperidine rings is 1. The molecule has 4 heterocycles. The molecule has 178 valence electrons. The Morgan fingerprint density at radius 1 is 1.06 bits per heavy atom. The maximum absolute atomic E-state index is 13.5. The smallest absolute Gasteiger partial charge is 0.332 e. The monoisotopic (exact) mass is 466 g/mol. The van der Waals surface area contributed by atoms with Gasteiger partial charge < -0.3 is 19.1 Å². The van der Waals surface area contributed by atoms with Gasteiger partial charge in [-0.3, -0.25) is 23.5 Å². The molecule has 0 aliphatic carbocycles. The van der Waals surface area contributed by atoms with E-state index in [4.69, 9.17) is 4.74 Å². The number of hydrogen-bond acceptors (Lipinski definition) is 6. The van der Waals surface area contributed by atoms with Gasteiger partial charge >= 0.3 is 5.69 Å². The molecular formula is C23H26N6O5. The number of aryl methyl sites for hydroxylation is 1. The molecule has 0 unspecified atom stereocenters. The zero-order valence-electron chi connectivity index (χ0n) is 19.1. The van der Waals surface area contributed by atoms with Gasteiger partial charge in [0, 0.05) is 27.2 Å². The highest BCUT2D eigenvalue weighted by atomic mass is 16.5. The Balaban J connectivity index is 1.47. The number of para-hydroxylation sites is 2. The average molecular weight is 466 g/mol. The molecule has 2 aliphatic heterocycles. The maximum atomic E-state index is 13.5. The molecule has 1 saturated heterocycles. The molecule has 11 nitrogen and oxygen atoms in total. The van der Waals surface area contributed by atoms with Gasteiger partial charge in [-0.2, -0.15) is 0 Å². The van der Waals surface area contributed by atoms with Crippen molar-refractivity contribution in [1.82, 2.24) is 23.6 Å². The highest BCUT2D eigenvalue weighted by molar-refractivity contribution is 5.97. The predicted octanol–water partition coefficient (Wildman–Crippen LogP) is 0.240. The van der Waals surface area contributed by atoms with E-state index in [0.717, 1.165) is 23.8 Å². The quantitative estimate of drug-likeness (QED) is 0.547. The molecule has 0 N–H and O–H groups in total. The van der Waals surface area contributed by atoms with Crippen molar-refractivity contribution in [2.75, 3.05) is 24.5 Å². The van der Waals surface area contributed by atoms with Crippen molar-refractivity contribution in [3.8, 4) is 5.75 Å². The number of carbonyl (C=O) groups excluding carboxylic acids is 2. The lowest BCUT2D eigenvalue weighted by Crippen LogP contribution is -2.53. The first-order valence-electron chi connectivity index (χ1n) is 11.3. The topological polar surface area (TPSA) is 112 Å². The number of fused-ring (bicyclic) bond motifs is 2. The summed E-state index contributed by atoms with van der Waals surface area (Å²) in [5.74, 6) is 0.0256. The van der Waals surface area contributed by atoms with Crippen LogP contribution in [0.25, 0.3) is 11.2 Å². The van der Waals surface area contributed by atoms with Crippen molar-refractivity contribution in [2.45, 2.75) is 31.9 Å². The molecule has 2 amide bonds. The third kappa shape index (κ3) is 3.57. The number of benzene rings is 1. The number of nitrogens with zero attached hydrogens (tertiary/aromatic N) is 6. The van der Waals surface area contributed by atoms with Gasteiger partial charge in [0.15, 0.2) is 17.3 Å². The number of rotatable bonds is 3. The van der Waals surface area contributed by atoms with Gasteiger partial charge in [0.2, 0.25) is 5.91 Å². The second-order valence-electron chi connectivity index (χ2n) is 8.71. The summed E-state index contributed by atoms with van der Waals surface area (Å²) in [6.07, 6.45) is 3.61. The zero-order valence-corrected chi connectivity index (χ0v) is 19.1. The Hall–Kier alpha value is -3.89. The predicted molar refractivity (Wildman–Crippen MR) is 124 cm³/mol. The standard InChI is InChI=1S/C23H26N6O5/c1-25-20-19(22(32)26(2)23(25)33)28(14-24-20)13-18(30)29-12-17(21(31)27-10-6-3-7-11-27)34-16-9-5-4-8-15(16)29/h4-5,8-9,14,17H,3,6-7,10-13H2,1-2H3/t17-/m0/s1. The highest BCUT2D eigenvalue weighted by Gasteiger charge is 2.36. The number of ether oxygens (including phenoxy) is 1. The molecule has 5 rings (SSSR count). The molecular weight excluding hydrogens is 440 g/mol. The van der Waals surface area contributed by atoms with E-state index in [9.17, 15) is 19.2 Å². The summed E-state index contributed by atoms with van der Waals surface area (Å²) in [4.78, 5) is 59.1. The summed E-state index contributed by atoms with van der Waals surface area (Å²) in [6.45, 7) is 1.28. The number of amides is 2. The van der Waals surface area contributed by atoms with Crippen LogP contribution in [0.5, 0.6) is 5.75 Å². The van der Waals surface area contributed by atoms with Crippen LogP contribution < -0.4 is 20.9 Å². The van der Waals surface area contributed by atoms with Crippen LogP contribution in [0.15, 0.2) is 40.2 Å². The van der Waals surface area contributed by atoms with Gasteiger partial charge in [-0.25, -0.2) is 9.78 Å². The van der Waals surface area contributed by atoms with Gasteiger partial charge in [0.1, 0.15) is 12.3 Å². The Kier molecular flexibility index (Phi) is 5.46. The lowest BCUT2D eigenvalue weighted by atomic mass is 10.1. The third-order valence-corrected chi connectivity index (χ3v) is 6.54. The lowest BCUT2D eigenvalue weighted by molar-refractivity contribution is -0.139. The van der Waals surface area contributed by atoms with E-state index < -0.39 is 17.4 Å². The number of carbonyl (C=O) groups is 2. The second-order valence-corrected chi connectivity index (χ2v) is 8.71. The third-order valence-electron chi connectivity index (χ3n) is 6.54. The fourth-order valence-corrected chi connectivity index (χ4v) is 4.67. The summed E-state index contributed by atoms with van der Waals surface area (Å²) in [6, 6.07) is 7.10. The molecule has 1 aromatic carbocycles. The van der Waals surface area contributed by atoms with E-state index in [1.807, 2.05) is 0 Å².